The van der Waals surface area contributed by atoms with Gasteiger partial charge in [0.1, 0.15) is 5.60 Å². The zero-order valence-corrected chi connectivity index (χ0v) is 15.6. The first-order valence-electron chi connectivity index (χ1n) is 8.46. The molecule has 0 bridgehead atoms. The lowest BCUT2D eigenvalue weighted by Gasteiger charge is -2.19. The molecule has 4 N–H and O–H groups in total. The summed E-state index contributed by atoms with van der Waals surface area (Å²) in [6.45, 7) is 8.05. The maximum Gasteiger partial charge on any atom is 0.407 e. The van der Waals surface area contributed by atoms with E-state index in [4.69, 9.17) is 15.2 Å². The molecule has 140 valence electrons. The maximum atomic E-state index is 11.4. The Kier molecular flexibility index (Phi) is 9.71. The van der Waals surface area contributed by atoms with Gasteiger partial charge in [-0.15, -0.1) is 0 Å². The van der Waals surface area contributed by atoms with E-state index in [-0.39, 0.29) is 0 Å². The van der Waals surface area contributed by atoms with Gasteiger partial charge < -0.3 is 25.8 Å². The third-order valence-electron chi connectivity index (χ3n) is 2.82. The molecule has 1 aromatic rings. The molecule has 0 unspecified atom stereocenters. The van der Waals surface area contributed by atoms with Gasteiger partial charge in [-0.2, -0.15) is 0 Å². The van der Waals surface area contributed by atoms with E-state index in [9.17, 15) is 4.79 Å². The van der Waals surface area contributed by atoms with Crippen LogP contribution in [0.25, 0.3) is 0 Å². The number of carbonyl (C=O) groups excluding carboxylic acids is 1. The molecule has 0 atom stereocenters. The number of rotatable bonds is 7. The molecule has 0 radical (unpaired) electrons. The van der Waals surface area contributed by atoms with Crippen LogP contribution >= 0.6 is 0 Å². The van der Waals surface area contributed by atoms with Gasteiger partial charge in [0.05, 0.1) is 19.8 Å². The van der Waals surface area contributed by atoms with Crippen molar-refractivity contribution in [1.82, 2.24) is 10.6 Å². The molecule has 0 aliphatic heterocycles. The Bertz CT molecular complexity index is 671. The van der Waals surface area contributed by atoms with Crippen LogP contribution in [0.2, 0.25) is 0 Å². The van der Waals surface area contributed by atoms with Gasteiger partial charge >= 0.3 is 6.09 Å². The van der Waals surface area contributed by atoms with Crippen LogP contribution in [0.5, 0.6) is 0 Å². The SMILES string of the molecule is CC(C)(C)OC(=O)NCCOCCNCC#CC#Cc1ccc(N)cc1. The molecule has 6 nitrogen and oxygen atoms in total. The first-order chi connectivity index (χ1) is 12.4. The second-order valence-corrected chi connectivity index (χ2v) is 6.39. The smallest absolute Gasteiger partial charge is 0.407 e. The van der Waals surface area contributed by atoms with Crippen molar-refractivity contribution >= 4 is 11.8 Å². The van der Waals surface area contributed by atoms with Crippen molar-refractivity contribution in [3.8, 4) is 23.7 Å². The number of benzene rings is 1. The summed E-state index contributed by atoms with van der Waals surface area (Å²) in [6, 6.07) is 7.33. The van der Waals surface area contributed by atoms with Gasteiger partial charge in [0, 0.05) is 24.3 Å². The Labute approximate surface area is 155 Å². The summed E-state index contributed by atoms with van der Waals surface area (Å²) in [5.74, 6) is 11.4. The molecular weight excluding hydrogens is 330 g/mol. The normalized spacial score (nSPS) is 10.1. The monoisotopic (exact) mass is 357 g/mol. The van der Waals surface area contributed by atoms with Crippen molar-refractivity contribution in [3.63, 3.8) is 0 Å². The number of alkyl carbamates (subject to hydrolysis) is 1. The minimum absolute atomic E-state index is 0.412. The third kappa shape index (κ3) is 11.8. The zero-order valence-electron chi connectivity index (χ0n) is 15.6. The van der Waals surface area contributed by atoms with Crippen molar-refractivity contribution in [2.45, 2.75) is 26.4 Å². The number of hydrogen-bond acceptors (Lipinski definition) is 5. The number of hydrogen-bond donors (Lipinski definition) is 3. The first kappa shape index (κ1) is 21.4. The van der Waals surface area contributed by atoms with Gasteiger partial charge in [-0.1, -0.05) is 11.8 Å². The minimum atomic E-state index is -0.491. The molecule has 0 aromatic heterocycles. The maximum absolute atomic E-state index is 11.4. The molecule has 0 heterocycles. The average Bonchev–Trinajstić information content (AvgIpc) is 2.56. The van der Waals surface area contributed by atoms with E-state index in [1.165, 1.54) is 0 Å². The Morgan fingerprint density at radius 2 is 1.81 bits per heavy atom. The van der Waals surface area contributed by atoms with Crippen LogP contribution in [0, 0.1) is 23.7 Å². The quantitative estimate of drug-likeness (QED) is 0.393. The number of ether oxygens (including phenoxy) is 2. The third-order valence-corrected chi connectivity index (χ3v) is 2.82. The van der Waals surface area contributed by atoms with Gasteiger partial charge in [0.2, 0.25) is 0 Å². The van der Waals surface area contributed by atoms with E-state index in [1.807, 2.05) is 45.0 Å². The Hall–Kier alpha value is -2.67. The van der Waals surface area contributed by atoms with E-state index in [0.29, 0.717) is 38.5 Å². The molecule has 26 heavy (non-hydrogen) atoms. The highest BCUT2D eigenvalue weighted by Gasteiger charge is 2.15. The Morgan fingerprint density at radius 1 is 1.12 bits per heavy atom. The van der Waals surface area contributed by atoms with E-state index >= 15 is 0 Å². The van der Waals surface area contributed by atoms with Gasteiger partial charge in [-0.05, 0) is 56.9 Å². The molecule has 1 amide bonds. The van der Waals surface area contributed by atoms with Crippen LogP contribution in [-0.4, -0.2) is 44.5 Å². The lowest BCUT2D eigenvalue weighted by molar-refractivity contribution is 0.0500. The predicted molar refractivity (Wildman–Crippen MR) is 103 cm³/mol. The molecule has 6 heteroatoms. The topological polar surface area (TPSA) is 85.6 Å². The molecule has 0 saturated carbocycles. The van der Waals surface area contributed by atoms with Crippen molar-refractivity contribution in [3.05, 3.63) is 29.8 Å². The molecule has 0 aliphatic carbocycles. The van der Waals surface area contributed by atoms with Crippen LogP contribution < -0.4 is 16.4 Å². The summed E-state index contributed by atoms with van der Waals surface area (Å²) >= 11 is 0. The number of carbonyl (C=O) groups is 1. The highest BCUT2D eigenvalue weighted by Crippen LogP contribution is 2.06. The minimum Gasteiger partial charge on any atom is -0.444 e. The number of nitrogens with two attached hydrogens (primary N) is 1. The lowest BCUT2D eigenvalue weighted by atomic mass is 10.2. The van der Waals surface area contributed by atoms with E-state index in [1.54, 1.807) is 0 Å². The van der Waals surface area contributed by atoms with Crippen LogP contribution in [0.1, 0.15) is 26.3 Å². The highest BCUT2D eigenvalue weighted by molar-refractivity contribution is 5.67. The average molecular weight is 357 g/mol. The largest absolute Gasteiger partial charge is 0.444 e. The second-order valence-electron chi connectivity index (χ2n) is 6.39. The van der Waals surface area contributed by atoms with Crippen LogP contribution in [-0.2, 0) is 9.47 Å². The summed E-state index contributed by atoms with van der Waals surface area (Å²) in [5, 5.41) is 5.76. The number of nitrogen functional groups attached to an aromatic ring is 1. The van der Waals surface area contributed by atoms with Crippen LogP contribution in [0.4, 0.5) is 10.5 Å². The summed E-state index contributed by atoms with van der Waals surface area (Å²) in [6.07, 6.45) is -0.436. The fourth-order valence-electron chi connectivity index (χ4n) is 1.69. The van der Waals surface area contributed by atoms with Crippen molar-refractivity contribution < 1.29 is 14.3 Å². The molecule has 1 aromatic carbocycles. The van der Waals surface area contributed by atoms with Gasteiger partial charge in [0.25, 0.3) is 0 Å². The summed E-state index contributed by atoms with van der Waals surface area (Å²) in [5.41, 5.74) is 6.71. The molecule has 0 spiro atoms. The van der Waals surface area contributed by atoms with Crippen LogP contribution in [0.3, 0.4) is 0 Å². The number of amides is 1. The summed E-state index contributed by atoms with van der Waals surface area (Å²) in [4.78, 5) is 11.4. The van der Waals surface area contributed by atoms with Crippen molar-refractivity contribution in [2.75, 3.05) is 38.6 Å². The molecule has 1 rings (SSSR count). The van der Waals surface area contributed by atoms with Gasteiger partial charge in [-0.25, -0.2) is 4.79 Å². The standard InChI is InChI=1S/C20H27N3O3/c1-20(2,3)26-19(24)23-14-16-25-15-13-22-12-6-4-5-7-17-8-10-18(21)11-9-17/h8-11,22H,12-16,21H2,1-3H3,(H,23,24). The molecule has 0 fully saturated rings. The zero-order chi connectivity index (χ0) is 19.3. The lowest BCUT2D eigenvalue weighted by Crippen LogP contribution is -2.34. The fourth-order valence-corrected chi connectivity index (χ4v) is 1.69. The highest BCUT2D eigenvalue weighted by atomic mass is 16.6. The fraction of sp³-hybridized carbons (Fsp3) is 0.450. The Morgan fingerprint density at radius 3 is 2.50 bits per heavy atom. The molecule has 0 aliphatic rings. The number of anilines is 1. The van der Waals surface area contributed by atoms with Crippen LogP contribution in [0.15, 0.2) is 24.3 Å². The van der Waals surface area contributed by atoms with E-state index in [2.05, 4.69) is 34.3 Å². The Balaban J connectivity index is 2.00. The second kappa shape index (κ2) is 11.8. The molecular formula is C20H27N3O3. The van der Waals surface area contributed by atoms with Gasteiger partial charge in [-0.3, -0.25) is 0 Å². The van der Waals surface area contributed by atoms with Crippen molar-refractivity contribution in [2.24, 2.45) is 0 Å². The number of nitrogens with one attached hydrogen (secondary N) is 2. The van der Waals surface area contributed by atoms with E-state index in [0.717, 1.165) is 5.56 Å². The van der Waals surface area contributed by atoms with E-state index < -0.39 is 11.7 Å². The summed E-state index contributed by atoms with van der Waals surface area (Å²) < 4.78 is 10.5. The van der Waals surface area contributed by atoms with Crippen molar-refractivity contribution in [1.29, 1.82) is 0 Å². The summed E-state index contributed by atoms with van der Waals surface area (Å²) in [7, 11) is 0. The van der Waals surface area contributed by atoms with Gasteiger partial charge in [0.15, 0.2) is 0 Å². The predicted octanol–water partition coefficient (Wildman–Crippen LogP) is 1.75. The first-order valence-corrected chi connectivity index (χ1v) is 8.46. The molecule has 0 saturated heterocycles.